The minimum atomic E-state index is -4.06. The summed E-state index contributed by atoms with van der Waals surface area (Å²) in [7, 11) is -4.06. The van der Waals surface area contributed by atoms with E-state index >= 15 is 0 Å². The molecule has 0 radical (unpaired) electrons. The lowest BCUT2D eigenvalue weighted by atomic mass is 9.80. The molecule has 2 atom stereocenters. The number of aryl methyl sites for hydroxylation is 1. The smallest absolute Gasteiger partial charge is 0.306 e. The summed E-state index contributed by atoms with van der Waals surface area (Å²) in [6.07, 6.45) is 4.77. The van der Waals surface area contributed by atoms with Crippen LogP contribution in [0.25, 0.3) is 22.4 Å². The second-order valence-electron chi connectivity index (χ2n) is 9.80. The van der Waals surface area contributed by atoms with Gasteiger partial charge in [-0.25, -0.2) is 31.7 Å². The fraction of sp³-hybridized carbons (Fsp3) is 0.308. The zero-order chi connectivity index (χ0) is 27.9. The van der Waals surface area contributed by atoms with E-state index in [1.807, 2.05) is 6.92 Å². The molecule has 0 spiro atoms. The van der Waals surface area contributed by atoms with Gasteiger partial charge in [0.2, 0.25) is 0 Å². The molecule has 1 aromatic carbocycles. The van der Waals surface area contributed by atoms with E-state index in [0.717, 1.165) is 15.7 Å². The molecule has 0 aliphatic heterocycles. The number of benzene rings is 1. The van der Waals surface area contributed by atoms with E-state index in [1.165, 1.54) is 30.6 Å². The van der Waals surface area contributed by atoms with Crippen LogP contribution in [0.3, 0.4) is 0 Å². The van der Waals surface area contributed by atoms with Crippen LogP contribution < -0.4 is 5.32 Å². The number of fused-ring (bicyclic) bond motifs is 1. The highest BCUT2D eigenvalue weighted by atomic mass is 35.5. The Morgan fingerprint density at radius 3 is 2.72 bits per heavy atom. The predicted octanol–water partition coefficient (Wildman–Crippen LogP) is 4.39. The van der Waals surface area contributed by atoms with Crippen molar-refractivity contribution >= 4 is 44.4 Å². The number of halogens is 2. The molecular formula is C26H25ClFN5O5S. The van der Waals surface area contributed by atoms with Crippen molar-refractivity contribution in [3.8, 4) is 11.4 Å². The number of nitrogens with one attached hydrogen (secondary N) is 1. The number of aromatic nitrogens is 4. The van der Waals surface area contributed by atoms with Crippen LogP contribution in [0.4, 0.5) is 10.2 Å². The molecule has 0 saturated heterocycles. The molecule has 39 heavy (non-hydrogen) atoms. The Balaban J connectivity index is 1.54. The molecule has 10 nitrogen and oxygen atoms in total. The normalized spacial score (nSPS) is 19.7. The van der Waals surface area contributed by atoms with Gasteiger partial charge in [-0.3, -0.25) is 4.79 Å². The third-order valence-corrected chi connectivity index (χ3v) is 8.65. The summed E-state index contributed by atoms with van der Waals surface area (Å²) in [6, 6.07) is 7.48. The van der Waals surface area contributed by atoms with Gasteiger partial charge in [0.25, 0.3) is 10.0 Å². The lowest BCUT2D eigenvalue weighted by Gasteiger charge is -2.36. The van der Waals surface area contributed by atoms with E-state index in [0.29, 0.717) is 24.6 Å². The Bertz CT molecular complexity index is 1680. The maximum atomic E-state index is 14.8. The Kier molecular flexibility index (Phi) is 7.04. The number of carboxylic acids is 1. The van der Waals surface area contributed by atoms with Crippen LogP contribution in [-0.2, 0) is 14.8 Å². The SMILES string of the molecule is Cc1ccc(S(=O)(=O)n2cc(-c3ncc(F)c(N[C@H]4CCC[C@](O)(CC(=O)O)C4)n3)c3cc(Cl)cnc32)cc1. The number of pyridine rings is 1. The molecule has 0 bridgehead atoms. The zero-order valence-electron chi connectivity index (χ0n) is 20.8. The molecule has 3 aromatic heterocycles. The molecule has 0 amide bonds. The Morgan fingerprint density at radius 1 is 1.26 bits per heavy atom. The summed E-state index contributed by atoms with van der Waals surface area (Å²) in [5, 5.41) is 23.4. The molecule has 5 rings (SSSR count). The van der Waals surface area contributed by atoms with Gasteiger partial charge in [0.05, 0.1) is 28.1 Å². The molecule has 204 valence electrons. The number of rotatable bonds is 7. The van der Waals surface area contributed by atoms with Gasteiger partial charge < -0.3 is 15.5 Å². The maximum Gasteiger partial charge on any atom is 0.306 e. The van der Waals surface area contributed by atoms with E-state index in [-0.39, 0.29) is 39.2 Å². The largest absolute Gasteiger partial charge is 0.481 e. The predicted molar refractivity (Wildman–Crippen MR) is 143 cm³/mol. The van der Waals surface area contributed by atoms with Crippen molar-refractivity contribution in [3.63, 3.8) is 0 Å². The van der Waals surface area contributed by atoms with Crippen LogP contribution in [0, 0.1) is 12.7 Å². The maximum absolute atomic E-state index is 14.8. The molecule has 1 aliphatic carbocycles. The number of nitrogens with zero attached hydrogens (tertiary/aromatic N) is 4. The fourth-order valence-electron chi connectivity index (χ4n) is 4.94. The first-order chi connectivity index (χ1) is 18.4. The molecule has 3 heterocycles. The zero-order valence-corrected chi connectivity index (χ0v) is 22.4. The summed E-state index contributed by atoms with van der Waals surface area (Å²) in [4.78, 5) is 23.9. The van der Waals surface area contributed by atoms with Crippen LogP contribution >= 0.6 is 11.6 Å². The Labute approximate surface area is 228 Å². The van der Waals surface area contributed by atoms with E-state index in [1.54, 1.807) is 12.1 Å². The summed E-state index contributed by atoms with van der Waals surface area (Å²) in [5.41, 5.74) is -0.141. The molecule has 4 aromatic rings. The molecule has 3 N–H and O–H groups in total. The van der Waals surface area contributed by atoms with Crippen LogP contribution in [0.5, 0.6) is 0 Å². The number of aliphatic hydroxyl groups is 1. The van der Waals surface area contributed by atoms with Crippen LogP contribution in [0.2, 0.25) is 5.02 Å². The summed E-state index contributed by atoms with van der Waals surface area (Å²) < 4.78 is 42.9. The lowest BCUT2D eigenvalue weighted by molar-refractivity contribution is -0.143. The first-order valence-corrected chi connectivity index (χ1v) is 14.0. The summed E-state index contributed by atoms with van der Waals surface area (Å²) >= 11 is 6.18. The number of carboxylic acid groups (broad SMARTS) is 1. The van der Waals surface area contributed by atoms with Crippen molar-refractivity contribution < 1.29 is 27.8 Å². The van der Waals surface area contributed by atoms with Gasteiger partial charge in [0.15, 0.2) is 23.1 Å². The molecule has 0 unspecified atom stereocenters. The van der Waals surface area contributed by atoms with Gasteiger partial charge in [-0.15, -0.1) is 0 Å². The summed E-state index contributed by atoms with van der Waals surface area (Å²) in [5.74, 6) is -1.99. The molecule has 1 saturated carbocycles. The van der Waals surface area contributed by atoms with Gasteiger partial charge in [-0.05, 0) is 50.8 Å². The number of anilines is 1. The molecule has 1 fully saturated rings. The number of hydrogen-bond acceptors (Lipinski definition) is 8. The second-order valence-corrected chi connectivity index (χ2v) is 12.1. The lowest BCUT2D eigenvalue weighted by Crippen LogP contribution is -2.42. The average molecular weight is 574 g/mol. The van der Waals surface area contributed by atoms with Gasteiger partial charge in [-0.2, -0.15) is 0 Å². The third-order valence-electron chi connectivity index (χ3n) is 6.78. The molecular weight excluding hydrogens is 549 g/mol. The van der Waals surface area contributed by atoms with Crippen LogP contribution in [0.15, 0.2) is 53.8 Å². The van der Waals surface area contributed by atoms with Crippen LogP contribution in [0.1, 0.15) is 37.7 Å². The van der Waals surface area contributed by atoms with Gasteiger partial charge in [0.1, 0.15) is 0 Å². The highest BCUT2D eigenvalue weighted by molar-refractivity contribution is 7.90. The van der Waals surface area contributed by atoms with Crippen molar-refractivity contribution in [2.24, 2.45) is 0 Å². The van der Waals surface area contributed by atoms with E-state index in [4.69, 9.17) is 16.7 Å². The highest BCUT2D eigenvalue weighted by Crippen LogP contribution is 2.35. The number of carbonyl (C=O) groups is 1. The minimum absolute atomic E-state index is 0.0300. The van der Waals surface area contributed by atoms with Gasteiger partial charge in [-0.1, -0.05) is 29.3 Å². The van der Waals surface area contributed by atoms with Crippen molar-refractivity contribution in [2.45, 2.75) is 55.6 Å². The average Bonchev–Trinajstić information content (AvgIpc) is 3.24. The minimum Gasteiger partial charge on any atom is -0.481 e. The van der Waals surface area contributed by atoms with Crippen molar-refractivity contribution in [1.29, 1.82) is 0 Å². The van der Waals surface area contributed by atoms with E-state index < -0.39 is 39.9 Å². The monoisotopic (exact) mass is 573 g/mol. The van der Waals surface area contributed by atoms with Crippen molar-refractivity contribution in [1.82, 2.24) is 18.9 Å². The van der Waals surface area contributed by atoms with E-state index in [9.17, 15) is 22.7 Å². The topological polar surface area (TPSA) is 147 Å². The van der Waals surface area contributed by atoms with Gasteiger partial charge >= 0.3 is 5.97 Å². The van der Waals surface area contributed by atoms with E-state index in [2.05, 4.69) is 20.3 Å². The summed E-state index contributed by atoms with van der Waals surface area (Å²) in [6.45, 7) is 1.85. The Hall–Kier alpha value is -3.61. The first kappa shape index (κ1) is 27.0. The van der Waals surface area contributed by atoms with Gasteiger partial charge in [0, 0.05) is 29.4 Å². The fourth-order valence-corrected chi connectivity index (χ4v) is 6.42. The third kappa shape index (κ3) is 5.45. The number of hydrogen-bond donors (Lipinski definition) is 3. The quantitative estimate of drug-likeness (QED) is 0.293. The second kappa shape index (κ2) is 10.2. The first-order valence-electron chi connectivity index (χ1n) is 12.2. The highest BCUT2D eigenvalue weighted by Gasteiger charge is 2.37. The van der Waals surface area contributed by atoms with Crippen molar-refractivity contribution in [2.75, 3.05) is 5.32 Å². The van der Waals surface area contributed by atoms with Crippen LogP contribution in [-0.4, -0.2) is 55.2 Å². The Morgan fingerprint density at radius 2 is 2.00 bits per heavy atom. The van der Waals surface area contributed by atoms with Crippen molar-refractivity contribution in [3.05, 3.63) is 65.3 Å². The molecule has 13 heteroatoms. The standard InChI is InChI=1S/C26H25ClFN5O5S/c1-15-4-6-18(7-5-15)39(37,38)33-14-20(19-9-16(27)12-30-25(19)33)23-29-13-21(28)24(32-23)31-17-3-2-8-26(36,10-17)11-22(34)35/h4-7,9,12-14,17,36H,2-3,8,10-11H2,1H3,(H,34,35)(H,29,31,32)/t17-,26+/m0/s1. The number of aliphatic carboxylic acids is 1. The molecule has 1 aliphatic rings.